The van der Waals surface area contributed by atoms with E-state index in [4.69, 9.17) is 4.74 Å². The topological polar surface area (TPSA) is 72.4 Å². The molecule has 140 valence electrons. The predicted molar refractivity (Wildman–Crippen MR) is 100.0 cm³/mol. The van der Waals surface area contributed by atoms with E-state index in [2.05, 4.69) is 9.97 Å². The van der Waals surface area contributed by atoms with E-state index in [1.807, 2.05) is 12.1 Å². The van der Waals surface area contributed by atoms with Crippen molar-refractivity contribution in [3.8, 4) is 5.75 Å². The minimum absolute atomic E-state index is 0.0618. The number of likely N-dealkylation sites (tertiary alicyclic amines) is 1. The van der Waals surface area contributed by atoms with Crippen LogP contribution in [0, 0.1) is 5.92 Å². The third kappa shape index (κ3) is 3.84. The number of benzene rings is 1. The molecule has 2 aromatic rings. The van der Waals surface area contributed by atoms with Crippen molar-refractivity contribution in [3.05, 3.63) is 53.6 Å². The Morgan fingerprint density at radius 2 is 1.89 bits per heavy atom. The Morgan fingerprint density at radius 1 is 1.11 bits per heavy atom. The lowest BCUT2D eigenvalue weighted by Gasteiger charge is -2.32. The van der Waals surface area contributed by atoms with Gasteiger partial charge in [0.1, 0.15) is 11.6 Å². The van der Waals surface area contributed by atoms with Crippen LogP contribution in [-0.4, -0.2) is 46.8 Å². The Balaban J connectivity index is 1.45. The van der Waals surface area contributed by atoms with Crippen molar-refractivity contribution in [3.63, 3.8) is 0 Å². The van der Waals surface area contributed by atoms with Crippen LogP contribution in [0.3, 0.4) is 0 Å². The summed E-state index contributed by atoms with van der Waals surface area (Å²) in [7, 11) is 1.58. The Hall–Kier alpha value is -2.76. The summed E-state index contributed by atoms with van der Waals surface area (Å²) in [5.41, 5.74) is 1.12. The number of ether oxygens (including phenoxy) is 1. The van der Waals surface area contributed by atoms with Gasteiger partial charge in [-0.3, -0.25) is 9.59 Å². The largest absolute Gasteiger partial charge is 0.497 e. The van der Waals surface area contributed by atoms with E-state index < -0.39 is 0 Å². The molecule has 1 saturated heterocycles. The molecule has 1 atom stereocenters. The molecule has 1 aromatic heterocycles. The molecular formula is C21H23N3O3. The first kappa shape index (κ1) is 17.6. The molecule has 2 heterocycles. The summed E-state index contributed by atoms with van der Waals surface area (Å²) in [4.78, 5) is 36.1. The van der Waals surface area contributed by atoms with E-state index in [-0.39, 0.29) is 17.6 Å². The molecule has 1 aliphatic carbocycles. The summed E-state index contributed by atoms with van der Waals surface area (Å²) in [5, 5.41) is 0. The lowest BCUT2D eigenvalue weighted by atomic mass is 9.89. The molecule has 6 nitrogen and oxygen atoms in total. The van der Waals surface area contributed by atoms with E-state index in [9.17, 15) is 9.59 Å². The molecule has 0 N–H and O–H groups in total. The zero-order valence-electron chi connectivity index (χ0n) is 15.4. The maximum Gasteiger partial charge on any atom is 0.257 e. The summed E-state index contributed by atoms with van der Waals surface area (Å²) in [6, 6.07) is 7.19. The maximum atomic E-state index is 12.9. The van der Waals surface area contributed by atoms with Crippen LogP contribution in [0.5, 0.6) is 5.75 Å². The monoisotopic (exact) mass is 365 g/mol. The number of nitrogens with zero attached hydrogens (tertiary/aromatic N) is 3. The molecular weight excluding hydrogens is 342 g/mol. The molecule has 1 aliphatic heterocycles. The van der Waals surface area contributed by atoms with Crippen LogP contribution in [0.4, 0.5) is 0 Å². The number of Topliss-reactive ketones (excluding diaryl/α,β-unsaturated/α-hetero) is 1. The summed E-state index contributed by atoms with van der Waals surface area (Å²) in [6.07, 6.45) is 7.11. The van der Waals surface area contributed by atoms with Gasteiger partial charge in [-0.15, -0.1) is 0 Å². The first-order chi connectivity index (χ1) is 13.2. The van der Waals surface area contributed by atoms with E-state index in [1.54, 1.807) is 36.5 Å². The van der Waals surface area contributed by atoms with Gasteiger partial charge in [0.15, 0.2) is 5.78 Å². The van der Waals surface area contributed by atoms with Gasteiger partial charge >= 0.3 is 0 Å². The van der Waals surface area contributed by atoms with Crippen molar-refractivity contribution in [2.24, 2.45) is 5.92 Å². The number of methoxy groups -OCH3 is 1. The maximum absolute atomic E-state index is 12.9. The fourth-order valence-electron chi connectivity index (χ4n) is 3.57. The number of carbonyl (C=O) groups excluding carboxylic acids is 2. The highest BCUT2D eigenvalue weighted by atomic mass is 16.5. The lowest BCUT2D eigenvalue weighted by molar-refractivity contribution is 0.0636. The summed E-state index contributed by atoms with van der Waals surface area (Å²) in [5.74, 6) is 1.73. The smallest absolute Gasteiger partial charge is 0.257 e. The fraction of sp³-hybridized carbons (Fsp3) is 0.429. The SMILES string of the molecule is COc1cccc(C(=O)C2CCCN(C(=O)c3cnc(C4CC4)nc3)C2)c1. The Kier molecular flexibility index (Phi) is 4.88. The van der Waals surface area contributed by atoms with Crippen molar-refractivity contribution < 1.29 is 14.3 Å². The highest BCUT2D eigenvalue weighted by Gasteiger charge is 2.31. The molecule has 1 aromatic carbocycles. The van der Waals surface area contributed by atoms with Crippen molar-refractivity contribution in [1.29, 1.82) is 0 Å². The van der Waals surface area contributed by atoms with Crippen molar-refractivity contribution in [1.82, 2.24) is 14.9 Å². The lowest BCUT2D eigenvalue weighted by Crippen LogP contribution is -2.42. The number of rotatable bonds is 5. The van der Waals surface area contributed by atoms with Crippen LogP contribution in [0.2, 0.25) is 0 Å². The second-order valence-electron chi connectivity index (χ2n) is 7.29. The Bertz CT molecular complexity index is 846. The van der Waals surface area contributed by atoms with Gasteiger partial charge in [0, 0.05) is 42.9 Å². The normalized spacial score (nSPS) is 19.6. The van der Waals surface area contributed by atoms with Gasteiger partial charge in [0.05, 0.1) is 12.7 Å². The number of piperidine rings is 1. The second kappa shape index (κ2) is 7.47. The zero-order chi connectivity index (χ0) is 18.8. The van der Waals surface area contributed by atoms with E-state index >= 15 is 0 Å². The van der Waals surface area contributed by atoms with Crippen molar-refractivity contribution in [2.75, 3.05) is 20.2 Å². The second-order valence-corrected chi connectivity index (χ2v) is 7.29. The molecule has 0 spiro atoms. The predicted octanol–water partition coefficient (Wildman–Crippen LogP) is 3.10. The van der Waals surface area contributed by atoms with Crippen LogP contribution >= 0.6 is 0 Å². The molecule has 1 saturated carbocycles. The van der Waals surface area contributed by atoms with Gasteiger partial charge in [-0.1, -0.05) is 12.1 Å². The Labute approximate surface area is 158 Å². The average molecular weight is 365 g/mol. The number of hydrogen-bond donors (Lipinski definition) is 0. The highest BCUT2D eigenvalue weighted by Crippen LogP contribution is 2.37. The van der Waals surface area contributed by atoms with Crippen LogP contribution in [0.15, 0.2) is 36.7 Å². The Morgan fingerprint density at radius 3 is 2.59 bits per heavy atom. The van der Waals surface area contributed by atoms with E-state index in [1.165, 1.54) is 0 Å². The van der Waals surface area contributed by atoms with Crippen LogP contribution in [0.1, 0.15) is 58.1 Å². The minimum Gasteiger partial charge on any atom is -0.497 e. The highest BCUT2D eigenvalue weighted by molar-refractivity contribution is 5.99. The molecule has 2 fully saturated rings. The number of amides is 1. The molecule has 27 heavy (non-hydrogen) atoms. The molecule has 1 unspecified atom stereocenters. The molecule has 0 radical (unpaired) electrons. The number of carbonyl (C=O) groups is 2. The summed E-state index contributed by atoms with van der Waals surface area (Å²) >= 11 is 0. The molecule has 4 rings (SSSR count). The van der Waals surface area contributed by atoms with Crippen LogP contribution in [-0.2, 0) is 0 Å². The number of ketones is 1. The minimum atomic E-state index is -0.193. The fourth-order valence-corrected chi connectivity index (χ4v) is 3.57. The first-order valence-electron chi connectivity index (χ1n) is 9.45. The summed E-state index contributed by atoms with van der Waals surface area (Å²) < 4.78 is 5.21. The first-order valence-corrected chi connectivity index (χ1v) is 9.45. The third-order valence-corrected chi connectivity index (χ3v) is 5.29. The van der Waals surface area contributed by atoms with Gasteiger partial charge in [0.25, 0.3) is 5.91 Å². The van der Waals surface area contributed by atoms with Gasteiger partial charge in [-0.25, -0.2) is 9.97 Å². The molecule has 2 aliphatic rings. The van der Waals surface area contributed by atoms with Gasteiger partial charge in [-0.2, -0.15) is 0 Å². The summed E-state index contributed by atoms with van der Waals surface area (Å²) in [6.45, 7) is 1.09. The zero-order valence-corrected chi connectivity index (χ0v) is 15.4. The van der Waals surface area contributed by atoms with Crippen molar-refractivity contribution >= 4 is 11.7 Å². The van der Waals surface area contributed by atoms with Gasteiger partial charge in [-0.05, 0) is 37.8 Å². The van der Waals surface area contributed by atoms with Crippen molar-refractivity contribution in [2.45, 2.75) is 31.6 Å². The number of hydrogen-bond acceptors (Lipinski definition) is 5. The molecule has 6 heteroatoms. The third-order valence-electron chi connectivity index (χ3n) is 5.29. The quantitative estimate of drug-likeness (QED) is 0.762. The number of aromatic nitrogens is 2. The standard InChI is InChI=1S/C21H23N3O3/c1-27-18-6-2-4-15(10-18)19(25)16-5-3-9-24(13-16)21(26)17-11-22-20(23-12-17)14-7-8-14/h2,4,6,10-12,14,16H,3,5,7-9,13H2,1H3. The average Bonchev–Trinajstić information content (AvgIpc) is 3.58. The molecule has 0 bridgehead atoms. The van der Waals surface area contributed by atoms with Gasteiger partial charge in [0.2, 0.25) is 0 Å². The van der Waals surface area contributed by atoms with E-state index in [0.29, 0.717) is 35.9 Å². The van der Waals surface area contributed by atoms with E-state index in [0.717, 1.165) is 31.5 Å². The molecule has 1 amide bonds. The van der Waals surface area contributed by atoms with Crippen LogP contribution in [0.25, 0.3) is 0 Å². The van der Waals surface area contributed by atoms with Gasteiger partial charge < -0.3 is 9.64 Å². The van der Waals surface area contributed by atoms with Crippen LogP contribution < -0.4 is 4.74 Å².